The molecular formula is C20H30IN3O4. The van der Waals surface area contributed by atoms with E-state index in [1.807, 2.05) is 38.1 Å². The average molecular weight is 503 g/mol. The number of phenolic OH excluding ortho intramolecular Hbond substituents is 1. The minimum atomic E-state index is 0. The largest absolute Gasteiger partial charge is 0.504 e. The van der Waals surface area contributed by atoms with Crippen LogP contribution in [0.2, 0.25) is 0 Å². The molecule has 0 amide bonds. The highest BCUT2D eigenvalue weighted by Gasteiger charge is 2.04. The molecule has 7 nitrogen and oxygen atoms in total. The predicted molar refractivity (Wildman–Crippen MR) is 120 cm³/mol. The molecule has 0 spiro atoms. The number of benzene rings is 1. The lowest BCUT2D eigenvalue weighted by molar-refractivity contribution is 0.105. The summed E-state index contributed by atoms with van der Waals surface area (Å²) in [6.45, 7) is 7.57. The zero-order chi connectivity index (χ0) is 19.3. The Labute approximate surface area is 183 Å². The summed E-state index contributed by atoms with van der Waals surface area (Å²) >= 11 is 0. The van der Waals surface area contributed by atoms with Crippen molar-refractivity contribution in [3.63, 3.8) is 0 Å². The number of aliphatic imine (C=N–C) groups is 1. The number of aromatic hydroxyl groups is 1. The molecule has 1 aromatic carbocycles. The second kappa shape index (κ2) is 14.1. The molecule has 2 rings (SSSR count). The summed E-state index contributed by atoms with van der Waals surface area (Å²) in [6, 6.07) is 9.04. The van der Waals surface area contributed by atoms with Gasteiger partial charge in [0.1, 0.15) is 12.4 Å². The number of hydrogen-bond donors (Lipinski definition) is 3. The van der Waals surface area contributed by atoms with Crippen LogP contribution in [0, 0.1) is 0 Å². The van der Waals surface area contributed by atoms with Gasteiger partial charge in [0.25, 0.3) is 0 Å². The van der Waals surface area contributed by atoms with Gasteiger partial charge in [0.05, 0.1) is 19.4 Å². The summed E-state index contributed by atoms with van der Waals surface area (Å²) in [6.07, 6.45) is 2.50. The second-order valence-corrected chi connectivity index (χ2v) is 5.84. The fourth-order valence-corrected chi connectivity index (χ4v) is 2.39. The van der Waals surface area contributed by atoms with E-state index in [1.54, 1.807) is 12.3 Å². The third-order valence-electron chi connectivity index (χ3n) is 3.67. The molecule has 0 saturated carbocycles. The van der Waals surface area contributed by atoms with Gasteiger partial charge in [0, 0.05) is 19.7 Å². The Morgan fingerprint density at radius 1 is 1.21 bits per heavy atom. The fourth-order valence-electron chi connectivity index (χ4n) is 2.39. The van der Waals surface area contributed by atoms with Crippen molar-refractivity contribution in [3.05, 3.63) is 47.9 Å². The number of ether oxygens (including phenoxy) is 2. The number of hydrogen-bond acceptors (Lipinski definition) is 5. The Morgan fingerprint density at radius 3 is 2.79 bits per heavy atom. The van der Waals surface area contributed by atoms with Crippen LogP contribution >= 0.6 is 24.0 Å². The van der Waals surface area contributed by atoms with Gasteiger partial charge in [-0.25, -0.2) is 4.99 Å². The Bertz CT molecular complexity index is 693. The van der Waals surface area contributed by atoms with E-state index in [2.05, 4.69) is 15.6 Å². The van der Waals surface area contributed by atoms with Crippen molar-refractivity contribution < 1.29 is 19.0 Å². The van der Waals surface area contributed by atoms with Crippen molar-refractivity contribution in [1.29, 1.82) is 0 Å². The van der Waals surface area contributed by atoms with Gasteiger partial charge in [-0.15, -0.1) is 24.0 Å². The van der Waals surface area contributed by atoms with Gasteiger partial charge in [0.2, 0.25) is 0 Å². The highest BCUT2D eigenvalue weighted by atomic mass is 127. The minimum Gasteiger partial charge on any atom is -0.504 e. The van der Waals surface area contributed by atoms with Gasteiger partial charge in [-0.3, -0.25) is 0 Å². The van der Waals surface area contributed by atoms with Crippen molar-refractivity contribution in [1.82, 2.24) is 10.6 Å². The minimum absolute atomic E-state index is 0. The fraction of sp³-hybridized carbons (Fsp3) is 0.450. The van der Waals surface area contributed by atoms with Crippen molar-refractivity contribution in [2.75, 3.05) is 26.3 Å². The van der Waals surface area contributed by atoms with E-state index in [4.69, 9.17) is 13.9 Å². The highest BCUT2D eigenvalue weighted by Crippen LogP contribution is 2.27. The van der Waals surface area contributed by atoms with E-state index in [0.717, 1.165) is 36.8 Å². The van der Waals surface area contributed by atoms with Gasteiger partial charge in [-0.2, -0.15) is 0 Å². The number of halogens is 1. The number of guanidine groups is 1. The van der Waals surface area contributed by atoms with Crippen LogP contribution in [0.3, 0.4) is 0 Å². The molecule has 2 aromatic rings. The van der Waals surface area contributed by atoms with Crippen LogP contribution in [-0.4, -0.2) is 37.4 Å². The van der Waals surface area contributed by atoms with Crippen molar-refractivity contribution in [3.8, 4) is 11.5 Å². The summed E-state index contributed by atoms with van der Waals surface area (Å²) in [5, 5.41) is 16.3. The Balaban J connectivity index is 0.00000392. The molecule has 0 saturated heterocycles. The van der Waals surface area contributed by atoms with E-state index in [9.17, 15) is 5.11 Å². The van der Waals surface area contributed by atoms with E-state index in [-0.39, 0.29) is 29.7 Å². The zero-order valence-corrected chi connectivity index (χ0v) is 18.8. The summed E-state index contributed by atoms with van der Waals surface area (Å²) in [4.78, 5) is 4.57. The van der Waals surface area contributed by atoms with E-state index < -0.39 is 0 Å². The third kappa shape index (κ3) is 8.83. The van der Waals surface area contributed by atoms with Gasteiger partial charge in [-0.05, 0) is 50.1 Å². The molecule has 0 aliphatic carbocycles. The first-order valence-corrected chi connectivity index (χ1v) is 9.30. The molecule has 8 heteroatoms. The predicted octanol–water partition coefficient (Wildman–Crippen LogP) is 3.66. The number of nitrogens with zero attached hydrogens (tertiary/aromatic N) is 1. The maximum Gasteiger partial charge on any atom is 0.191 e. The molecule has 0 atom stereocenters. The van der Waals surface area contributed by atoms with Crippen LogP contribution < -0.4 is 15.4 Å². The monoisotopic (exact) mass is 503 g/mol. The first kappa shape index (κ1) is 24.1. The van der Waals surface area contributed by atoms with Crippen LogP contribution in [0.5, 0.6) is 11.5 Å². The molecule has 1 aromatic heterocycles. The smallest absolute Gasteiger partial charge is 0.191 e. The molecule has 3 N–H and O–H groups in total. The Hall–Kier alpha value is -1.94. The lowest BCUT2D eigenvalue weighted by atomic mass is 10.2. The molecule has 28 heavy (non-hydrogen) atoms. The topological polar surface area (TPSA) is 88.3 Å². The summed E-state index contributed by atoms with van der Waals surface area (Å²) < 4.78 is 16.2. The van der Waals surface area contributed by atoms with Gasteiger partial charge < -0.3 is 29.6 Å². The number of nitrogens with one attached hydrogen (secondary N) is 2. The van der Waals surface area contributed by atoms with Crippen LogP contribution in [0.15, 0.2) is 46.0 Å². The first-order chi connectivity index (χ1) is 13.2. The lowest BCUT2D eigenvalue weighted by Crippen LogP contribution is -2.38. The van der Waals surface area contributed by atoms with Crippen LogP contribution in [0.1, 0.15) is 31.6 Å². The number of furan rings is 1. The quantitative estimate of drug-likeness (QED) is 0.188. The van der Waals surface area contributed by atoms with Crippen LogP contribution in [-0.2, 0) is 17.9 Å². The molecule has 0 radical (unpaired) electrons. The molecular weight excluding hydrogens is 473 g/mol. The van der Waals surface area contributed by atoms with Crippen molar-refractivity contribution in [2.24, 2.45) is 4.99 Å². The standard InChI is InChI=1S/C20H29N3O4.HI/c1-3-21-20(22-10-6-11-25-15-17-7-5-12-27-17)23-14-16-8-9-18(24)19(13-16)26-4-2;/h5,7-9,12-13,24H,3-4,6,10-11,14-15H2,1-2H3,(H2,21,22,23);1H. The number of rotatable bonds is 11. The van der Waals surface area contributed by atoms with E-state index >= 15 is 0 Å². The highest BCUT2D eigenvalue weighted by molar-refractivity contribution is 14.0. The van der Waals surface area contributed by atoms with E-state index in [1.165, 1.54) is 0 Å². The Morgan fingerprint density at radius 2 is 2.07 bits per heavy atom. The number of phenols is 1. The van der Waals surface area contributed by atoms with Gasteiger partial charge in [-0.1, -0.05) is 6.07 Å². The Kier molecular flexibility index (Phi) is 12.1. The maximum absolute atomic E-state index is 9.77. The third-order valence-corrected chi connectivity index (χ3v) is 3.67. The average Bonchev–Trinajstić information content (AvgIpc) is 3.18. The summed E-state index contributed by atoms with van der Waals surface area (Å²) in [5.74, 6) is 2.20. The van der Waals surface area contributed by atoms with Gasteiger partial charge in [0.15, 0.2) is 17.5 Å². The van der Waals surface area contributed by atoms with Crippen LogP contribution in [0.25, 0.3) is 0 Å². The molecule has 0 aliphatic heterocycles. The zero-order valence-electron chi connectivity index (χ0n) is 16.4. The van der Waals surface area contributed by atoms with Crippen molar-refractivity contribution >= 4 is 29.9 Å². The normalized spacial score (nSPS) is 11.0. The maximum atomic E-state index is 9.77. The van der Waals surface area contributed by atoms with Crippen molar-refractivity contribution in [2.45, 2.75) is 33.4 Å². The summed E-state index contributed by atoms with van der Waals surface area (Å²) in [5.41, 5.74) is 0.968. The molecule has 0 bridgehead atoms. The molecule has 1 heterocycles. The molecule has 0 unspecified atom stereocenters. The second-order valence-electron chi connectivity index (χ2n) is 5.84. The van der Waals surface area contributed by atoms with Crippen LogP contribution in [0.4, 0.5) is 0 Å². The first-order valence-electron chi connectivity index (χ1n) is 9.30. The molecule has 0 aliphatic rings. The molecule has 156 valence electrons. The summed E-state index contributed by atoms with van der Waals surface area (Å²) in [7, 11) is 0. The molecule has 0 fully saturated rings. The van der Waals surface area contributed by atoms with E-state index in [0.29, 0.717) is 32.1 Å². The van der Waals surface area contributed by atoms with Gasteiger partial charge >= 0.3 is 0 Å². The lowest BCUT2D eigenvalue weighted by Gasteiger charge is -2.12. The SMILES string of the molecule is CCNC(=NCc1ccc(O)c(OCC)c1)NCCCOCc1ccco1.I.